The summed E-state index contributed by atoms with van der Waals surface area (Å²) in [5.41, 5.74) is 0. The summed E-state index contributed by atoms with van der Waals surface area (Å²) in [6, 6.07) is -0.399. The van der Waals surface area contributed by atoms with Gasteiger partial charge in [0.15, 0.2) is 0 Å². The molecule has 3 N–H and O–H groups in total. The summed E-state index contributed by atoms with van der Waals surface area (Å²) < 4.78 is 0. The third kappa shape index (κ3) is 8.02. The minimum atomic E-state index is -0.399. The number of hydrogen-bond acceptors (Lipinski definition) is 4. The maximum absolute atomic E-state index is 11.9. The number of nitrogens with one attached hydrogen (secondary N) is 3. The van der Waals surface area contributed by atoms with Gasteiger partial charge in [-0.1, -0.05) is 20.8 Å². The van der Waals surface area contributed by atoms with E-state index < -0.39 is 6.03 Å². The second-order valence-electron chi connectivity index (χ2n) is 6.19. The molecule has 6 heteroatoms. The summed E-state index contributed by atoms with van der Waals surface area (Å²) in [6.45, 7) is 10.8. The molecule has 0 saturated carbocycles. The molecule has 0 aromatic carbocycles. The van der Waals surface area contributed by atoms with Crippen molar-refractivity contribution >= 4 is 11.9 Å². The maximum atomic E-state index is 11.9. The molecule has 1 atom stereocenters. The van der Waals surface area contributed by atoms with Gasteiger partial charge in [-0.15, -0.1) is 0 Å². The molecule has 0 aromatic rings. The van der Waals surface area contributed by atoms with Crippen LogP contribution in [0.25, 0.3) is 0 Å². The summed E-state index contributed by atoms with van der Waals surface area (Å²) in [7, 11) is 0. The van der Waals surface area contributed by atoms with E-state index >= 15 is 0 Å². The van der Waals surface area contributed by atoms with Crippen molar-refractivity contribution in [1.82, 2.24) is 20.9 Å². The molecule has 6 nitrogen and oxygen atoms in total. The number of imide groups is 1. The van der Waals surface area contributed by atoms with Gasteiger partial charge in [-0.05, 0) is 44.3 Å². The number of hydrogen-bond donors (Lipinski definition) is 3. The lowest BCUT2D eigenvalue weighted by Crippen LogP contribution is -2.47. The molecule has 0 radical (unpaired) electrons. The predicted molar refractivity (Wildman–Crippen MR) is 84.1 cm³/mol. The van der Waals surface area contributed by atoms with Crippen LogP contribution in [-0.4, -0.2) is 56.1 Å². The first-order valence-electron chi connectivity index (χ1n) is 8.02. The topological polar surface area (TPSA) is 73.5 Å². The van der Waals surface area contributed by atoms with Crippen molar-refractivity contribution in [1.29, 1.82) is 0 Å². The largest absolute Gasteiger partial charge is 0.338 e. The van der Waals surface area contributed by atoms with E-state index in [-0.39, 0.29) is 12.5 Å². The van der Waals surface area contributed by atoms with E-state index in [0.29, 0.717) is 18.4 Å². The van der Waals surface area contributed by atoms with Crippen molar-refractivity contribution in [2.75, 3.05) is 39.3 Å². The fourth-order valence-corrected chi connectivity index (χ4v) is 2.46. The highest BCUT2D eigenvalue weighted by molar-refractivity contribution is 5.95. The molecule has 21 heavy (non-hydrogen) atoms. The van der Waals surface area contributed by atoms with Crippen LogP contribution in [0, 0.1) is 11.8 Å². The first-order chi connectivity index (χ1) is 10.0. The van der Waals surface area contributed by atoms with Gasteiger partial charge in [-0.3, -0.25) is 15.0 Å². The third-order valence-corrected chi connectivity index (χ3v) is 3.65. The van der Waals surface area contributed by atoms with Gasteiger partial charge in [0, 0.05) is 13.1 Å². The molecular weight excluding hydrogens is 268 g/mol. The van der Waals surface area contributed by atoms with E-state index in [4.69, 9.17) is 0 Å². The summed E-state index contributed by atoms with van der Waals surface area (Å²) in [5, 5.41) is 8.46. The number of nitrogens with zero attached hydrogens (tertiary/aromatic N) is 1. The lowest BCUT2D eigenvalue weighted by molar-refractivity contribution is -0.121. The molecule has 1 fully saturated rings. The van der Waals surface area contributed by atoms with E-state index in [1.807, 2.05) is 20.8 Å². The Hall–Kier alpha value is -1.14. The average Bonchev–Trinajstić information content (AvgIpc) is 2.45. The Kier molecular flexibility index (Phi) is 8.30. The second kappa shape index (κ2) is 9.73. The summed E-state index contributed by atoms with van der Waals surface area (Å²) in [4.78, 5) is 25.5. The van der Waals surface area contributed by atoms with E-state index in [0.717, 1.165) is 26.2 Å². The summed E-state index contributed by atoms with van der Waals surface area (Å²) >= 11 is 0. The standard InChI is InChI=1S/C15H30N4O2/c1-4-19(10-13-6-5-7-16-9-13)11-14(20)18-15(21)17-8-12(2)3/h12-13,16H,4-11H2,1-3H3,(H2,17,18,20,21). The van der Waals surface area contributed by atoms with Gasteiger partial charge >= 0.3 is 6.03 Å². The molecule has 0 aromatic heterocycles. The maximum Gasteiger partial charge on any atom is 0.321 e. The van der Waals surface area contributed by atoms with Crippen molar-refractivity contribution in [3.8, 4) is 0 Å². The molecular formula is C15H30N4O2. The molecule has 1 heterocycles. The Bertz CT molecular complexity index is 328. The highest BCUT2D eigenvalue weighted by Gasteiger charge is 2.18. The summed E-state index contributed by atoms with van der Waals surface area (Å²) in [6.07, 6.45) is 2.41. The van der Waals surface area contributed by atoms with E-state index in [1.54, 1.807) is 0 Å². The van der Waals surface area contributed by atoms with E-state index in [9.17, 15) is 9.59 Å². The highest BCUT2D eigenvalue weighted by atomic mass is 16.2. The normalized spacial score (nSPS) is 18.8. The number of carbonyl (C=O) groups is 2. The zero-order valence-electron chi connectivity index (χ0n) is 13.6. The zero-order chi connectivity index (χ0) is 15.7. The molecule has 0 aliphatic carbocycles. The number of amides is 3. The average molecular weight is 298 g/mol. The van der Waals surface area contributed by atoms with E-state index in [2.05, 4.69) is 20.9 Å². The monoisotopic (exact) mass is 298 g/mol. The van der Waals surface area contributed by atoms with Crippen LogP contribution < -0.4 is 16.0 Å². The SMILES string of the molecule is CCN(CC(=O)NC(=O)NCC(C)C)CC1CCCNC1. The molecule has 0 spiro atoms. The zero-order valence-corrected chi connectivity index (χ0v) is 13.6. The minimum Gasteiger partial charge on any atom is -0.338 e. The number of urea groups is 1. The Morgan fingerprint density at radius 1 is 1.38 bits per heavy atom. The van der Waals surface area contributed by atoms with Crippen LogP contribution in [0.15, 0.2) is 0 Å². The predicted octanol–water partition coefficient (Wildman–Crippen LogP) is 0.790. The van der Waals surface area contributed by atoms with Crippen LogP contribution >= 0.6 is 0 Å². The number of carbonyl (C=O) groups excluding carboxylic acids is 2. The molecule has 3 amide bonds. The first-order valence-corrected chi connectivity index (χ1v) is 8.02. The Morgan fingerprint density at radius 3 is 2.71 bits per heavy atom. The van der Waals surface area contributed by atoms with Crippen molar-refractivity contribution in [3.63, 3.8) is 0 Å². The van der Waals surface area contributed by atoms with Crippen LogP contribution in [0.4, 0.5) is 4.79 Å². The fraction of sp³-hybridized carbons (Fsp3) is 0.867. The first kappa shape index (κ1) is 17.9. The second-order valence-corrected chi connectivity index (χ2v) is 6.19. The quantitative estimate of drug-likeness (QED) is 0.650. The third-order valence-electron chi connectivity index (χ3n) is 3.65. The number of likely N-dealkylation sites (N-methyl/N-ethyl adjacent to an activating group) is 1. The molecule has 122 valence electrons. The van der Waals surface area contributed by atoms with Crippen molar-refractivity contribution in [2.24, 2.45) is 11.8 Å². The highest BCUT2D eigenvalue weighted by Crippen LogP contribution is 2.11. The molecule has 1 unspecified atom stereocenters. The van der Waals surface area contributed by atoms with Gasteiger partial charge in [-0.2, -0.15) is 0 Å². The molecule has 1 aliphatic heterocycles. The lowest BCUT2D eigenvalue weighted by Gasteiger charge is -2.28. The lowest BCUT2D eigenvalue weighted by atomic mass is 9.99. The van der Waals surface area contributed by atoms with Crippen molar-refractivity contribution in [3.05, 3.63) is 0 Å². The van der Waals surface area contributed by atoms with Crippen molar-refractivity contribution in [2.45, 2.75) is 33.6 Å². The van der Waals surface area contributed by atoms with Crippen LogP contribution in [-0.2, 0) is 4.79 Å². The Morgan fingerprint density at radius 2 is 2.14 bits per heavy atom. The smallest absolute Gasteiger partial charge is 0.321 e. The Labute approximate surface area is 128 Å². The van der Waals surface area contributed by atoms with Gasteiger partial charge in [0.2, 0.25) is 5.91 Å². The van der Waals surface area contributed by atoms with Crippen LogP contribution in [0.1, 0.15) is 33.6 Å². The van der Waals surface area contributed by atoms with Gasteiger partial charge < -0.3 is 10.6 Å². The molecule has 1 rings (SSSR count). The van der Waals surface area contributed by atoms with Crippen LogP contribution in [0.3, 0.4) is 0 Å². The van der Waals surface area contributed by atoms with Gasteiger partial charge in [0.25, 0.3) is 0 Å². The van der Waals surface area contributed by atoms with Gasteiger partial charge in [0.1, 0.15) is 0 Å². The minimum absolute atomic E-state index is 0.234. The van der Waals surface area contributed by atoms with Crippen LogP contribution in [0.2, 0.25) is 0 Å². The van der Waals surface area contributed by atoms with Gasteiger partial charge in [-0.25, -0.2) is 4.79 Å². The van der Waals surface area contributed by atoms with Gasteiger partial charge in [0.05, 0.1) is 6.54 Å². The van der Waals surface area contributed by atoms with Crippen molar-refractivity contribution < 1.29 is 9.59 Å². The molecule has 0 bridgehead atoms. The van der Waals surface area contributed by atoms with E-state index in [1.165, 1.54) is 12.8 Å². The number of piperidine rings is 1. The fourth-order valence-electron chi connectivity index (χ4n) is 2.46. The number of rotatable bonds is 7. The summed E-state index contributed by atoms with van der Waals surface area (Å²) in [5.74, 6) is 0.736. The molecule has 1 aliphatic rings. The Balaban J connectivity index is 2.27. The molecule has 1 saturated heterocycles. The van der Waals surface area contributed by atoms with Crippen LogP contribution in [0.5, 0.6) is 0 Å².